The predicted molar refractivity (Wildman–Crippen MR) is 113 cm³/mol. The zero-order valence-corrected chi connectivity index (χ0v) is 18.2. The highest BCUT2D eigenvalue weighted by Crippen LogP contribution is 2.22. The van der Waals surface area contributed by atoms with Crippen LogP contribution in [0.1, 0.15) is 20.8 Å². The number of aliphatic imine (C=N–C) groups is 1. The van der Waals surface area contributed by atoms with Crippen LogP contribution in [0.3, 0.4) is 0 Å². The second-order valence-corrected chi connectivity index (χ2v) is 6.70. The van der Waals surface area contributed by atoms with Crippen LogP contribution in [0.2, 0.25) is 0 Å². The van der Waals surface area contributed by atoms with Crippen LogP contribution in [0.25, 0.3) is 0 Å². The molecule has 0 saturated carbocycles. The SMILES string of the molecule is CCNC(=NCC(C)(C)OC)N1CCN(c2cc(F)ccc2F)CC1.I. The molecule has 1 heterocycles. The number of methoxy groups -OCH3 is 1. The maximum Gasteiger partial charge on any atom is 0.194 e. The number of nitrogens with one attached hydrogen (secondary N) is 1. The van der Waals surface area contributed by atoms with Crippen molar-refractivity contribution in [3.63, 3.8) is 0 Å². The highest BCUT2D eigenvalue weighted by molar-refractivity contribution is 14.0. The Morgan fingerprint density at radius 3 is 2.46 bits per heavy atom. The van der Waals surface area contributed by atoms with Gasteiger partial charge < -0.3 is 19.9 Å². The maximum atomic E-state index is 13.9. The minimum Gasteiger partial charge on any atom is -0.377 e. The van der Waals surface area contributed by atoms with E-state index in [1.54, 1.807) is 7.11 Å². The van der Waals surface area contributed by atoms with Gasteiger partial charge in [-0.1, -0.05) is 0 Å². The van der Waals surface area contributed by atoms with Crippen molar-refractivity contribution < 1.29 is 13.5 Å². The van der Waals surface area contributed by atoms with Crippen LogP contribution >= 0.6 is 24.0 Å². The van der Waals surface area contributed by atoms with Gasteiger partial charge in [-0.3, -0.25) is 4.99 Å². The first kappa shape index (κ1) is 22.9. The molecule has 1 aliphatic rings. The average molecular weight is 482 g/mol. The Morgan fingerprint density at radius 1 is 1.23 bits per heavy atom. The van der Waals surface area contributed by atoms with Gasteiger partial charge in [0.25, 0.3) is 0 Å². The number of nitrogens with zero attached hydrogens (tertiary/aromatic N) is 3. The zero-order chi connectivity index (χ0) is 18.4. The minimum atomic E-state index is -0.421. The van der Waals surface area contributed by atoms with Crippen molar-refractivity contribution in [2.24, 2.45) is 4.99 Å². The van der Waals surface area contributed by atoms with E-state index in [0.717, 1.165) is 18.6 Å². The molecule has 1 aliphatic heterocycles. The van der Waals surface area contributed by atoms with Gasteiger partial charge in [-0.05, 0) is 32.9 Å². The number of rotatable bonds is 5. The van der Waals surface area contributed by atoms with Gasteiger partial charge in [0.1, 0.15) is 11.6 Å². The number of halogens is 3. The van der Waals surface area contributed by atoms with Crippen LogP contribution in [0.4, 0.5) is 14.5 Å². The van der Waals surface area contributed by atoms with E-state index in [2.05, 4.69) is 15.2 Å². The summed E-state index contributed by atoms with van der Waals surface area (Å²) >= 11 is 0. The predicted octanol–water partition coefficient (Wildman–Crippen LogP) is 3.10. The Morgan fingerprint density at radius 2 is 1.88 bits per heavy atom. The highest BCUT2D eigenvalue weighted by atomic mass is 127. The van der Waals surface area contributed by atoms with Gasteiger partial charge in [0.05, 0.1) is 17.8 Å². The van der Waals surface area contributed by atoms with E-state index in [0.29, 0.717) is 38.4 Å². The lowest BCUT2D eigenvalue weighted by molar-refractivity contribution is 0.0308. The lowest BCUT2D eigenvalue weighted by Crippen LogP contribution is -2.53. The lowest BCUT2D eigenvalue weighted by atomic mass is 10.1. The highest BCUT2D eigenvalue weighted by Gasteiger charge is 2.23. The molecule has 5 nitrogen and oxygen atoms in total. The first-order chi connectivity index (χ1) is 11.9. The Balaban J connectivity index is 0.00000338. The summed E-state index contributed by atoms with van der Waals surface area (Å²) < 4.78 is 32.8. The van der Waals surface area contributed by atoms with E-state index in [9.17, 15) is 8.78 Å². The van der Waals surface area contributed by atoms with Crippen molar-refractivity contribution in [2.45, 2.75) is 26.4 Å². The molecule has 148 valence electrons. The summed E-state index contributed by atoms with van der Waals surface area (Å²) in [6, 6.07) is 3.57. The molecule has 1 N–H and O–H groups in total. The molecule has 0 amide bonds. The largest absolute Gasteiger partial charge is 0.377 e. The van der Waals surface area contributed by atoms with Crippen LogP contribution in [0.15, 0.2) is 23.2 Å². The Labute approximate surface area is 171 Å². The number of piperazine rings is 1. The smallest absolute Gasteiger partial charge is 0.194 e. The topological polar surface area (TPSA) is 40.1 Å². The minimum absolute atomic E-state index is 0. The molecule has 2 rings (SSSR count). The molecule has 8 heteroatoms. The summed E-state index contributed by atoms with van der Waals surface area (Å²) in [5, 5.41) is 3.29. The first-order valence-electron chi connectivity index (χ1n) is 8.64. The number of guanidine groups is 1. The summed E-state index contributed by atoms with van der Waals surface area (Å²) in [5.74, 6) is 0.0137. The van der Waals surface area contributed by atoms with Crippen LogP contribution in [-0.4, -0.2) is 62.8 Å². The third-order valence-electron chi connectivity index (χ3n) is 4.33. The molecule has 1 fully saturated rings. The van der Waals surface area contributed by atoms with Crippen molar-refractivity contribution >= 4 is 35.6 Å². The van der Waals surface area contributed by atoms with Crippen LogP contribution in [0.5, 0.6) is 0 Å². The van der Waals surface area contributed by atoms with Gasteiger partial charge in [-0.2, -0.15) is 0 Å². The number of benzene rings is 1. The third-order valence-corrected chi connectivity index (χ3v) is 4.33. The lowest BCUT2D eigenvalue weighted by Gasteiger charge is -2.38. The first-order valence-corrected chi connectivity index (χ1v) is 8.64. The fourth-order valence-electron chi connectivity index (χ4n) is 2.64. The van der Waals surface area contributed by atoms with E-state index < -0.39 is 11.6 Å². The van der Waals surface area contributed by atoms with Crippen LogP contribution < -0.4 is 10.2 Å². The summed E-state index contributed by atoms with van der Waals surface area (Å²) in [6.07, 6.45) is 0. The van der Waals surface area contributed by atoms with Gasteiger partial charge in [0.15, 0.2) is 5.96 Å². The zero-order valence-electron chi connectivity index (χ0n) is 15.9. The molecule has 0 aliphatic carbocycles. The number of hydrogen-bond donors (Lipinski definition) is 1. The van der Waals surface area contributed by atoms with E-state index in [4.69, 9.17) is 4.74 Å². The third kappa shape index (κ3) is 6.22. The molecule has 0 bridgehead atoms. The van der Waals surface area contributed by atoms with Crippen molar-refractivity contribution in [2.75, 3.05) is 51.3 Å². The molecule has 0 spiro atoms. The quantitative estimate of drug-likeness (QED) is 0.398. The van der Waals surface area contributed by atoms with Gasteiger partial charge in [-0.25, -0.2) is 8.78 Å². The molecule has 1 aromatic carbocycles. The van der Waals surface area contributed by atoms with Gasteiger partial charge in [-0.15, -0.1) is 24.0 Å². The molecule has 0 atom stereocenters. The molecular weight excluding hydrogens is 453 g/mol. The Hall–Kier alpha value is -1.16. The molecular formula is C18H29F2IN4O. The molecule has 0 aromatic heterocycles. The summed E-state index contributed by atoms with van der Waals surface area (Å²) in [6.45, 7) is 9.92. The molecule has 0 radical (unpaired) electrons. The van der Waals surface area contributed by atoms with Crippen molar-refractivity contribution in [1.29, 1.82) is 0 Å². The molecule has 0 unspecified atom stereocenters. The standard InChI is InChI=1S/C18H28F2N4O.HI/c1-5-21-17(22-13-18(2,3)25-4)24-10-8-23(9-11-24)16-12-14(19)6-7-15(16)20;/h6-7,12H,5,8-11,13H2,1-4H3,(H,21,22);1H. The van der Waals surface area contributed by atoms with E-state index in [-0.39, 0.29) is 29.6 Å². The van der Waals surface area contributed by atoms with E-state index in [1.807, 2.05) is 25.7 Å². The van der Waals surface area contributed by atoms with Gasteiger partial charge in [0, 0.05) is 45.9 Å². The van der Waals surface area contributed by atoms with Crippen LogP contribution in [0, 0.1) is 11.6 Å². The summed E-state index contributed by atoms with van der Waals surface area (Å²) in [5.41, 5.74) is -0.00481. The molecule has 26 heavy (non-hydrogen) atoms. The fraction of sp³-hybridized carbons (Fsp3) is 0.611. The summed E-state index contributed by atoms with van der Waals surface area (Å²) in [7, 11) is 1.68. The number of hydrogen-bond acceptors (Lipinski definition) is 3. The van der Waals surface area contributed by atoms with Crippen molar-refractivity contribution in [3.8, 4) is 0 Å². The Bertz CT molecular complexity index is 605. The maximum absolute atomic E-state index is 13.9. The average Bonchev–Trinajstić information content (AvgIpc) is 2.61. The van der Waals surface area contributed by atoms with E-state index >= 15 is 0 Å². The second kappa shape index (κ2) is 10.2. The van der Waals surface area contributed by atoms with Gasteiger partial charge >= 0.3 is 0 Å². The van der Waals surface area contributed by atoms with Crippen LogP contribution in [-0.2, 0) is 4.74 Å². The fourth-order valence-corrected chi connectivity index (χ4v) is 2.64. The second-order valence-electron chi connectivity index (χ2n) is 6.70. The number of anilines is 1. The van der Waals surface area contributed by atoms with Crippen molar-refractivity contribution in [3.05, 3.63) is 29.8 Å². The van der Waals surface area contributed by atoms with E-state index in [1.165, 1.54) is 12.1 Å². The van der Waals surface area contributed by atoms with Crippen molar-refractivity contribution in [1.82, 2.24) is 10.2 Å². The van der Waals surface area contributed by atoms with Gasteiger partial charge in [0.2, 0.25) is 0 Å². The molecule has 1 saturated heterocycles. The molecule has 1 aromatic rings. The summed E-state index contributed by atoms with van der Waals surface area (Å²) in [4.78, 5) is 8.68. The number of ether oxygens (including phenoxy) is 1. The monoisotopic (exact) mass is 482 g/mol. The normalized spacial score (nSPS) is 15.7. The Kier molecular flexibility index (Phi) is 9.02.